The van der Waals surface area contributed by atoms with Gasteiger partial charge in [-0.3, -0.25) is 4.79 Å². The first-order valence-electron chi connectivity index (χ1n) is 9.42. The van der Waals surface area contributed by atoms with Crippen molar-refractivity contribution in [2.24, 2.45) is 0 Å². The minimum Gasteiger partial charge on any atom is -0.307 e. The van der Waals surface area contributed by atoms with Crippen LogP contribution in [0.5, 0.6) is 0 Å². The standard InChI is InChI=1S/C22H22FN3O/c1-2-25(17-8-4-3-5-9-17)22(27)21-19-10-6-7-11-20(19)26(24-21)18-14-12-16(23)13-15-18/h3-5,8-9,12-15H,2,6-7,10-11H2,1H3. The fraction of sp³-hybridized carbons (Fsp3) is 0.273. The third kappa shape index (κ3) is 3.25. The van der Waals surface area contributed by atoms with Crippen LogP contribution in [-0.4, -0.2) is 22.2 Å². The number of anilines is 1. The van der Waals surface area contributed by atoms with E-state index in [1.807, 2.05) is 41.9 Å². The van der Waals surface area contributed by atoms with Crippen LogP contribution >= 0.6 is 0 Å². The predicted octanol–water partition coefficient (Wildman–Crippen LogP) is 4.56. The van der Waals surface area contributed by atoms with Gasteiger partial charge in [-0.05, 0) is 69.0 Å². The molecule has 3 aromatic rings. The highest BCUT2D eigenvalue weighted by Gasteiger charge is 2.28. The molecule has 0 N–H and O–H groups in total. The second kappa shape index (κ2) is 7.35. The molecule has 0 unspecified atom stereocenters. The Hall–Kier alpha value is -2.95. The third-order valence-corrected chi connectivity index (χ3v) is 5.08. The summed E-state index contributed by atoms with van der Waals surface area (Å²) < 4.78 is 15.1. The van der Waals surface area contributed by atoms with E-state index >= 15 is 0 Å². The molecule has 1 aliphatic rings. The Morgan fingerprint density at radius 1 is 1.07 bits per heavy atom. The molecule has 1 aromatic heterocycles. The lowest BCUT2D eigenvalue weighted by Crippen LogP contribution is -2.31. The zero-order valence-electron chi connectivity index (χ0n) is 15.4. The molecular weight excluding hydrogens is 341 g/mol. The van der Waals surface area contributed by atoms with Crippen LogP contribution in [0.2, 0.25) is 0 Å². The minimum absolute atomic E-state index is 0.0808. The van der Waals surface area contributed by atoms with Crippen LogP contribution in [-0.2, 0) is 12.8 Å². The Bertz CT molecular complexity index is 948. The topological polar surface area (TPSA) is 38.1 Å². The summed E-state index contributed by atoms with van der Waals surface area (Å²) in [6, 6.07) is 15.9. The molecule has 1 aliphatic carbocycles. The molecule has 0 aliphatic heterocycles. The van der Waals surface area contributed by atoms with E-state index in [9.17, 15) is 9.18 Å². The van der Waals surface area contributed by atoms with E-state index in [-0.39, 0.29) is 11.7 Å². The van der Waals surface area contributed by atoms with Crippen LogP contribution in [0.4, 0.5) is 10.1 Å². The highest BCUT2D eigenvalue weighted by molar-refractivity contribution is 6.06. The number of amides is 1. The van der Waals surface area contributed by atoms with Crippen molar-refractivity contribution in [3.05, 3.63) is 77.4 Å². The lowest BCUT2D eigenvalue weighted by Gasteiger charge is -2.21. The van der Waals surface area contributed by atoms with Gasteiger partial charge < -0.3 is 4.90 Å². The van der Waals surface area contributed by atoms with E-state index in [0.717, 1.165) is 48.3 Å². The Labute approximate surface area is 158 Å². The lowest BCUT2D eigenvalue weighted by atomic mass is 9.95. The Balaban J connectivity index is 1.78. The van der Waals surface area contributed by atoms with Crippen LogP contribution in [0.25, 0.3) is 5.69 Å². The number of carbonyl (C=O) groups is 1. The van der Waals surface area contributed by atoms with Gasteiger partial charge in [0.25, 0.3) is 5.91 Å². The van der Waals surface area contributed by atoms with E-state index in [1.54, 1.807) is 17.0 Å². The van der Waals surface area contributed by atoms with Gasteiger partial charge in [0.05, 0.1) is 5.69 Å². The monoisotopic (exact) mass is 363 g/mol. The summed E-state index contributed by atoms with van der Waals surface area (Å²) in [7, 11) is 0. The van der Waals surface area contributed by atoms with E-state index in [2.05, 4.69) is 5.10 Å². The van der Waals surface area contributed by atoms with Crippen molar-refractivity contribution in [3.8, 4) is 5.69 Å². The molecule has 0 fully saturated rings. The van der Waals surface area contributed by atoms with Crippen molar-refractivity contribution in [1.82, 2.24) is 9.78 Å². The normalized spacial score (nSPS) is 13.3. The molecule has 0 bridgehead atoms. The number of carbonyl (C=O) groups excluding carboxylic acids is 1. The molecule has 2 aromatic carbocycles. The molecule has 0 saturated carbocycles. The van der Waals surface area contributed by atoms with Gasteiger partial charge in [-0.25, -0.2) is 9.07 Å². The summed E-state index contributed by atoms with van der Waals surface area (Å²) in [6.45, 7) is 2.54. The number of hydrogen-bond donors (Lipinski definition) is 0. The summed E-state index contributed by atoms with van der Waals surface area (Å²) in [5.74, 6) is -0.361. The highest BCUT2D eigenvalue weighted by atomic mass is 19.1. The average molecular weight is 363 g/mol. The fourth-order valence-corrected chi connectivity index (χ4v) is 3.75. The van der Waals surface area contributed by atoms with Gasteiger partial charge in [0.15, 0.2) is 5.69 Å². The Morgan fingerprint density at radius 2 is 1.78 bits per heavy atom. The van der Waals surface area contributed by atoms with Gasteiger partial charge in [0.1, 0.15) is 5.82 Å². The van der Waals surface area contributed by atoms with Crippen LogP contribution in [0.3, 0.4) is 0 Å². The minimum atomic E-state index is -0.280. The summed E-state index contributed by atoms with van der Waals surface area (Å²) in [4.78, 5) is 15.1. The molecule has 4 rings (SSSR count). The first kappa shape index (κ1) is 17.5. The largest absolute Gasteiger partial charge is 0.307 e. The molecule has 0 spiro atoms. The van der Waals surface area contributed by atoms with Gasteiger partial charge in [0.2, 0.25) is 0 Å². The molecule has 1 heterocycles. The number of nitrogens with zero attached hydrogens (tertiary/aromatic N) is 3. The van der Waals surface area contributed by atoms with Crippen molar-refractivity contribution in [2.45, 2.75) is 32.6 Å². The second-order valence-electron chi connectivity index (χ2n) is 6.75. The molecule has 0 saturated heterocycles. The molecule has 27 heavy (non-hydrogen) atoms. The van der Waals surface area contributed by atoms with Crippen molar-refractivity contribution >= 4 is 11.6 Å². The maximum atomic E-state index is 13.3. The molecule has 0 atom stereocenters. The van der Waals surface area contributed by atoms with Crippen LogP contribution in [0.15, 0.2) is 54.6 Å². The van der Waals surface area contributed by atoms with Crippen molar-refractivity contribution in [3.63, 3.8) is 0 Å². The number of benzene rings is 2. The molecule has 4 nitrogen and oxygen atoms in total. The molecule has 5 heteroatoms. The van der Waals surface area contributed by atoms with Crippen molar-refractivity contribution in [2.75, 3.05) is 11.4 Å². The number of aromatic nitrogens is 2. The first-order valence-corrected chi connectivity index (χ1v) is 9.42. The molecule has 0 radical (unpaired) electrons. The summed E-state index contributed by atoms with van der Waals surface area (Å²) >= 11 is 0. The quantitative estimate of drug-likeness (QED) is 0.682. The average Bonchev–Trinajstić information content (AvgIpc) is 3.10. The van der Waals surface area contributed by atoms with E-state index in [4.69, 9.17) is 0 Å². The van der Waals surface area contributed by atoms with Crippen LogP contribution in [0, 0.1) is 5.82 Å². The van der Waals surface area contributed by atoms with Crippen LogP contribution in [0.1, 0.15) is 41.5 Å². The zero-order valence-corrected chi connectivity index (χ0v) is 15.4. The van der Waals surface area contributed by atoms with Gasteiger partial charge in [-0.15, -0.1) is 0 Å². The number of rotatable bonds is 4. The van der Waals surface area contributed by atoms with Crippen molar-refractivity contribution < 1.29 is 9.18 Å². The highest BCUT2D eigenvalue weighted by Crippen LogP contribution is 2.29. The molecule has 138 valence electrons. The third-order valence-electron chi connectivity index (χ3n) is 5.08. The van der Waals surface area contributed by atoms with E-state index in [0.29, 0.717) is 12.2 Å². The van der Waals surface area contributed by atoms with Gasteiger partial charge in [0, 0.05) is 23.5 Å². The fourth-order valence-electron chi connectivity index (χ4n) is 3.75. The number of halogens is 1. The SMILES string of the molecule is CCN(C(=O)c1nn(-c2ccc(F)cc2)c2c1CCCC2)c1ccccc1. The van der Waals surface area contributed by atoms with E-state index < -0.39 is 0 Å². The lowest BCUT2D eigenvalue weighted by molar-refractivity contribution is 0.0982. The second-order valence-corrected chi connectivity index (χ2v) is 6.75. The molecular formula is C22H22FN3O. The van der Waals surface area contributed by atoms with Crippen molar-refractivity contribution in [1.29, 1.82) is 0 Å². The summed E-state index contributed by atoms with van der Waals surface area (Å²) in [5.41, 5.74) is 4.27. The smallest absolute Gasteiger partial charge is 0.279 e. The summed E-state index contributed by atoms with van der Waals surface area (Å²) in [5, 5.41) is 4.69. The number of fused-ring (bicyclic) bond motifs is 1. The van der Waals surface area contributed by atoms with Gasteiger partial charge in [-0.1, -0.05) is 18.2 Å². The Kier molecular flexibility index (Phi) is 4.75. The zero-order chi connectivity index (χ0) is 18.8. The van der Waals surface area contributed by atoms with Crippen LogP contribution < -0.4 is 4.90 Å². The van der Waals surface area contributed by atoms with Gasteiger partial charge in [-0.2, -0.15) is 5.10 Å². The number of hydrogen-bond acceptors (Lipinski definition) is 2. The Morgan fingerprint density at radius 3 is 2.48 bits per heavy atom. The molecule has 1 amide bonds. The maximum Gasteiger partial charge on any atom is 0.279 e. The first-order chi connectivity index (χ1) is 13.2. The maximum absolute atomic E-state index is 13.3. The summed E-state index contributed by atoms with van der Waals surface area (Å²) in [6.07, 6.45) is 3.86. The van der Waals surface area contributed by atoms with Gasteiger partial charge >= 0.3 is 0 Å². The van der Waals surface area contributed by atoms with E-state index in [1.165, 1.54) is 12.1 Å². The predicted molar refractivity (Wildman–Crippen MR) is 104 cm³/mol. The number of para-hydroxylation sites is 1.